The summed E-state index contributed by atoms with van der Waals surface area (Å²) in [5.74, 6) is -3.20. The van der Waals surface area contributed by atoms with Crippen LogP contribution in [0.15, 0.2) is 65.0 Å². The third kappa shape index (κ3) is 9.71. The van der Waals surface area contributed by atoms with Gasteiger partial charge in [0, 0.05) is 97.7 Å². The lowest BCUT2D eigenvalue weighted by molar-refractivity contribution is -0.137. The number of dihydropyridines is 1. The monoisotopic (exact) mass is 836 g/mol. The van der Waals surface area contributed by atoms with E-state index in [9.17, 15) is 24.0 Å². The van der Waals surface area contributed by atoms with Gasteiger partial charge in [0.1, 0.15) is 0 Å². The number of esters is 2. The number of nitrogens with zero attached hydrogens (tertiary/aromatic N) is 3. The summed E-state index contributed by atoms with van der Waals surface area (Å²) >= 11 is 13.7. The highest BCUT2D eigenvalue weighted by atomic mass is 35.5. The number of allylic oxidation sites excluding steroid dienone is 1. The van der Waals surface area contributed by atoms with Crippen molar-refractivity contribution in [2.24, 2.45) is 0 Å². The number of rotatable bonds is 14. The molecule has 2 bridgehead atoms. The van der Waals surface area contributed by atoms with Gasteiger partial charge in [0.05, 0.1) is 37.7 Å². The third-order valence-electron chi connectivity index (χ3n) is 12.3. The minimum absolute atomic E-state index is 0.0512. The molecule has 0 aliphatic carbocycles. The molecule has 4 aliphatic heterocycles. The van der Waals surface area contributed by atoms with Crippen molar-refractivity contribution in [3.05, 3.63) is 91.7 Å². The Morgan fingerprint density at radius 2 is 1.34 bits per heavy atom. The summed E-state index contributed by atoms with van der Waals surface area (Å²) in [5.41, 5.74) is 2.98. The highest BCUT2D eigenvalue weighted by Gasteiger charge is 2.43. The number of carbonyl (C=O) groups is 5. The zero-order chi connectivity index (χ0) is 41.5. The van der Waals surface area contributed by atoms with Crippen LogP contribution in [-0.2, 0) is 46.4 Å². The van der Waals surface area contributed by atoms with Crippen molar-refractivity contribution in [3.8, 4) is 0 Å². The minimum Gasteiger partial charge on any atom is -0.466 e. The number of amides is 3. The number of nitrogens with one attached hydrogen (secondary N) is 3. The molecule has 2 aromatic rings. The Morgan fingerprint density at radius 3 is 1.95 bits per heavy atom. The highest BCUT2D eigenvalue weighted by molar-refractivity contribution is 6.36. The van der Waals surface area contributed by atoms with Gasteiger partial charge in [-0.05, 0) is 68.8 Å². The normalized spacial score (nSPS) is 22.3. The van der Waals surface area contributed by atoms with Crippen molar-refractivity contribution < 1.29 is 33.4 Å². The van der Waals surface area contributed by atoms with E-state index in [1.165, 1.54) is 34.1 Å². The maximum Gasteiger partial charge on any atom is 0.336 e. The first-order valence-electron chi connectivity index (χ1n) is 20.0. The molecule has 312 valence electrons. The Bertz CT molecular complexity index is 1930. The van der Waals surface area contributed by atoms with Gasteiger partial charge in [-0.15, -0.1) is 0 Å². The van der Waals surface area contributed by atoms with Gasteiger partial charge in [0.2, 0.25) is 17.7 Å². The molecule has 0 aromatic heterocycles. The largest absolute Gasteiger partial charge is 0.466 e. The first-order chi connectivity index (χ1) is 27.9. The van der Waals surface area contributed by atoms with Gasteiger partial charge >= 0.3 is 11.9 Å². The van der Waals surface area contributed by atoms with Crippen LogP contribution < -0.4 is 16.0 Å². The summed E-state index contributed by atoms with van der Waals surface area (Å²) in [6.45, 7) is 2.92. The fourth-order valence-electron chi connectivity index (χ4n) is 9.07. The van der Waals surface area contributed by atoms with Crippen LogP contribution in [0.25, 0.3) is 0 Å². The predicted octanol–water partition coefficient (Wildman–Crippen LogP) is 4.47. The molecule has 6 rings (SSSR count). The fraction of sp³-hybridized carbons (Fsp3) is 0.512. The van der Waals surface area contributed by atoms with E-state index in [2.05, 4.69) is 32.8 Å². The fourth-order valence-corrected chi connectivity index (χ4v) is 9.69. The molecule has 4 heterocycles. The van der Waals surface area contributed by atoms with Crippen molar-refractivity contribution in [3.63, 3.8) is 0 Å². The Morgan fingerprint density at radius 1 is 0.759 bits per heavy atom. The Hall–Kier alpha value is -4.43. The van der Waals surface area contributed by atoms with E-state index in [4.69, 9.17) is 32.7 Å². The number of piperazine rings is 1. The summed E-state index contributed by atoms with van der Waals surface area (Å²) in [7, 11) is 6.28. The first-order valence-corrected chi connectivity index (χ1v) is 20.8. The number of halogens is 2. The highest BCUT2D eigenvalue weighted by Crippen LogP contribution is 2.46. The van der Waals surface area contributed by atoms with E-state index in [0.717, 1.165) is 37.1 Å². The molecule has 3 saturated heterocycles. The van der Waals surface area contributed by atoms with E-state index in [1.54, 1.807) is 18.2 Å². The zero-order valence-electron chi connectivity index (χ0n) is 33.7. The van der Waals surface area contributed by atoms with Crippen LogP contribution in [0.5, 0.6) is 0 Å². The lowest BCUT2D eigenvalue weighted by Crippen LogP contribution is -2.56. The van der Waals surface area contributed by atoms with Crippen LogP contribution in [0.1, 0.15) is 74.0 Å². The lowest BCUT2D eigenvalue weighted by atomic mass is 9.78. The van der Waals surface area contributed by atoms with Gasteiger partial charge in [-0.3, -0.25) is 19.3 Å². The smallest absolute Gasteiger partial charge is 0.336 e. The van der Waals surface area contributed by atoms with E-state index in [0.29, 0.717) is 54.6 Å². The number of carbonyl (C=O) groups excluding carboxylic acids is 5. The number of hydrogen-bond donors (Lipinski definition) is 3. The van der Waals surface area contributed by atoms with Gasteiger partial charge in [-0.25, -0.2) is 9.59 Å². The van der Waals surface area contributed by atoms with Crippen molar-refractivity contribution in [2.45, 2.75) is 88.4 Å². The molecule has 58 heavy (non-hydrogen) atoms. The van der Waals surface area contributed by atoms with Gasteiger partial charge in [0.15, 0.2) is 0 Å². The molecule has 4 aliphatic rings. The molecule has 2 aromatic carbocycles. The van der Waals surface area contributed by atoms with Crippen LogP contribution in [0, 0.1) is 0 Å². The van der Waals surface area contributed by atoms with Crippen LogP contribution in [-0.4, -0.2) is 117 Å². The van der Waals surface area contributed by atoms with Crippen molar-refractivity contribution in [1.29, 1.82) is 0 Å². The summed E-state index contributed by atoms with van der Waals surface area (Å²) in [6.07, 6.45) is 5.46. The number of piperidine rings is 1. The van der Waals surface area contributed by atoms with Crippen molar-refractivity contribution >= 4 is 52.9 Å². The molecule has 0 saturated carbocycles. The second-order valence-electron chi connectivity index (χ2n) is 15.4. The van der Waals surface area contributed by atoms with Crippen LogP contribution in [0.3, 0.4) is 0 Å². The lowest BCUT2D eigenvalue weighted by Gasteiger charge is -2.45. The third-order valence-corrected chi connectivity index (χ3v) is 13.0. The summed E-state index contributed by atoms with van der Waals surface area (Å²) in [5, 5.41) is 9.21. The number of ether oxygens (including phenoxy) is 2. The molecule has 3 N–H and O–H groups in total. The van der Waals surface area contributed by atoms with Crippen molar-refractivity contribution in [1.82, 2.24) is 30.7 Å². The SMILES string of the molecule is CNC(=O)CCC(=O)NCc1ccccc1CCC1=C(C(=O)OC)C(c2c(Cl)cccc2Cl)C(C(=O)OC)=C(CC(=O)N2CCN(C3CC4CCC(C3)N4C)CC2)N1. The molecule has 15 heteroatoms. The van der Waals surface area contributed by atoms with E-state index in [1.807, 2.05) is 29.2 Å². The Kier molecular flexibility index (Phi) is 14.5. The zero-order valence-corrected chi connectivity index (χ0v) is 35.2. The van der Waals surface area contributed by atoms with Crippen molar-refractivity contribution in [2.75, 3.05) is 54.5 Å². The van der Waals surface area contributed by atoms with Crippen LogP contribution >= 0.6 is 23.2 Å². The van der Waals surface area contributed by atoms with Gasteiger partial charge in [-0.1, -0.05) is 53.5 Å². The van der Waals surface area contributed by atoms with E-state index in [-0.39, 0.29) is 71.1 Å². The molecule has 3 atom stereocenters. The quantitative estimate of drug-likeness (QED) is 0.233. The summed E-state index contributed by atoms with van der Waals surface area (Å²) in [4.78, 5) is 73.1. The van der Waals surface area contributed by atoms with Gasteiger partial charge in [-0.2, -0.15) is 0 Å². The molecule has 3 amide bonds. The second kappa shape index (κ2) is 19.5. The molecule has 0 spiro atoms. The summed E-state index contributed by atoms with van der Waals surface area (Å²) < 4.78 is 10.7. The van der Waals surface area contributed by atoms with Gasteiger partial charge < -0.3 is 35.2 Å². The van der Waals surface area contributed by atoms with Gasteiger partial charge in [0.25, 0.3) is 0 Å². The molecule has 3 fully saturated rings. The van der Waals surface area contributed by atoms with Crippen LogP contribution in [0.4, 0.5) is 0 Å². The number of methoxy groups -OCH3 is 2. The Labute approximate surface area is 350 Å². The molecule has 3 unspecified atom stereocenters. The van der Waals surface area contributed by atoms with E-state index < -0.39 is 17.9 Å². The number of hydrogen-bond acceptors (Lipinski definition) is 10. The summed E-state index contributed by atoms with van der Waals surface area (Å²) in [6, 6.07) is 14.3. The molecule has 13 nitrogen and oxygen atoms in total. The molecular weight excluding hydrogens is 783 g/mol. The number of aryl methyl sites for hydroxylation is 1. The second-order valence-corrected chi connectivity index (χ2v) is 16.3. The average Bonchev–Trinajstić information content (AvgIpc) is 3.41. The number of fused-ring (bicyclic) bond motifs is 2. The topological polar surface area (TPSA) is 150 Å². The maximum atomic E-state index is 14.2. The van der Waals surface area contributed by atoms with Crippen LogP contribution in [0.2, 0.25) is 10.0 Å². The number of benzene rings is 2. The maximum absolute atomic E-state index is 14.2. The molecule has 0 radical (unpaired) electrons. The average molecular weight is 838 g/mol. The molecular formula is C43H54Cl2N6O7. The van der Waals surface area contributed by atoms with E-state index >= 15 is 0 Å². The predicted molar refractivity (Wildman–Crippen MR) is 221 cm³/mol. The first kappa shape index (κ1) is 43.2. The standard InChI is InChI=1S/C43H54Cl2N6O7/c1-46-35(52)16-17-36(53)47-25-27-9-6-5-8-26(27)12-15-33-39(42(55)57-3)41(38-31(44)10-7-11-32(38)45)40(43(56)58-4)34(48-33)24-37(54)51-20-18-50(19-21-51)30-22-28-13-14-29(23-30)49(28)2/h5-11,28-30,41,48H,12-25H2,1-4H3,(H,46,52)(H,47,53). The Balaban J connectivity index is 1.27. The minimum atomic E-state index is -1.12.